The molecule has 1 amide bonds. The van der Waals surface area contributed by atoms with Gasteiger partial charge < -0.3 is 5.32 Å². The summed E-state index contributed by atoms with van der Waals surface area (Å²) < 4.78 is 26.4. The van der Waals surface area contributed by atoms with Gasteiger partial charge in [0, 0.05) is 11.4 Å². The molecule has 0 atom stereocenters. The molecular formula is C21H22N2O3S3. The molecule has 1 saturated carbocycles. The third kappa shape index (κ3) is 4.82. The minimum atomic E-state index is -3.26. The maximum absolute atomic E-state index is 12.6. The SMILES string of the molecule is O=C(CSCc1nc2ccccc2s1)Nc1ccc(S(=O)(=O)C2CCCC2)cc1. The monoisotopic (exact) mass is 446 g/mol. The van der Waals surface area contributed by atoms with Gasteiger partial charge >= 0.3 is 0 Å². The molecule has 1 heterocycles. The zero-order valence-corrected chi connectivity index (χ0v) is 18.3. The summed E-state index contributed by atoms with van der Waals surface area (Å²) in [5, 5.41) is 3.57. The number of fused-ring (bicyclic) bond motifs is 1. The first kappa shape index (κ1) is 20.4. The smallest absolute Gasteiger partial charge is 0.234 e. The number of aromatic nitrogens is 1. The summed E-state index contributed by atoms with van der Waals surface area (Å²) >= 11 is 3.16. The second-order valence-electron chi connectivity index (χ2n) is 7.09. The topological polar surface area (TPSA) is 76.1 Å². The molecule has 1 aromatic heterocycles. The molecule has 0 spiro atoms. The molecule has 152 valence electrons. The third-order valence-electron chi connectivity index (χ3n) is 5.00. The lowest BCUT2D eigenvalue weighted by Crippen LogP contribution is -2.18. The van der Waals surface area contributed by atoms with Gasteiger partial charge in [0.2, 0.25) is 5.91 Å². The number of thioether (sulfide) groups is 1. The molecule has 1 aliphatic rings. The summed E-state index contributed by atoms with van der Waals surface area (Å²) in [4.78, 5) is 17.1. The molecule has 0 radical (unpaired) electrons. The van der Waals surface area contributed by atoms with E-state index in [1.165, 1.54) is 11.8 Å². The minimum absolute atomic E-state index is 0.109. The number of hydrogen-bond acceptors (Lipinski definition) is 6. The summed E-state index contributed by atoms with van der Waals surface area (Å²) in [6.07, 6.45) is 3.44. The molecule has 1 N–H and O–H groups in total. The van der Waals surface area contributed by atoms with Crippen LogP contribution in [0.5, 0.6) is 0 Å². The average Bonchev–Trinajstić information content (AvgIpc) is 3.38. The summed E-state index contributed by atoms with van der Waals surface area (Å²) in [6, 6.07) is 14.5. The fraction of sp³-hybridized carbons (Fsp3) is 0.333. The third-order valence-corrected chi connectivity index (χ3v) is 9.45. The molecule has 0 unspecified atom stereocenters. The van der Waals surface area contributed by atoms with Crippen molar-refractivity contribution in [3.63, 3.8) is 0 Å². The van der Waals surface area contributed by atoms with Crippen LogP contribution in [0.3, 0.4) is 0 Å². The van der Waals surface area contributed by atoms with Crippen LogP contribution in [0.4, 0.5) is 5.69 Å². The molecule has 2 aromatic carbocycles. The number of rotatable bonds is 7. The second-order valence-corrected chi connectivity index (χ2v) is 11.4. The number of anilines is 1. The first-order valence-electron chi connectivity index (χ1n) is 9.58. The van der Waals surface area contributed by atoms with E-state index in [0.717, 1.165) is 40.9 Å². The van der Waals surface area contributed by atoms with E-state index in [9.17, 15) is 13.2 Å². The molecule has 0 aliphatic heterocycles. The van der Waals surface area contributed by atoms with E-state index in [1.54, 1.807) is 35.6 Å². The van der Waals surface area contributed by atoms with Gasteiger partial charge in [0.1, 0.15) is 5.01 Å². The molecule has 0 saturated heterocycles. The highest BCUT2D eigenvalue weighted by Crippen LogP contribution is 2.30. The van der Waals surface area contributed by atoms with Crippen molar-refractivity contribution in [2.45, 2.75) is 41.6 Å². The van der Waals surface area contributed by atoms with Crippen molar-refractivity contribution >= 4 is 54.7 Å². The highest BCUT2D eigenvalue weighted by Gasteiger charge is 2.30. The molecule has 1 aliphatic carbocycles. The Bertz CT molecular complexity index is 1070. The Labute approximate surface area is 178 Å². The van der Waals surface area contributed by atoms with Crippen LogP contribution in [-0.2, 0) is 20.4 Å². The van der Waals surface area contributed by atoms with Crippen LogP contribution < -0.4 is 5.32 Å². The van der Waals surface area contributed by atoms with Crippen molar-refractivity contribution in [1.82, 2.24) is 4.98 Å². The maximum atomic E-state index is 12.6. The maximum Gasteiger partial charge on any atom is 0.234 e. The number of hydrogen-bond donors (Lipinski definition) is 1. The van der Waals surface area contributed by atoms with Gasteiger partial charge in [0.25, 0.3) is 0 Å². The van der Waals surface area contributed by atoms with Crippen molar-refractivity contribution in [2.75, 3.05) is 11.1 Å². The van der Waals surface area contributed by atoms with E-state index in [2.05, 4.69) is 10.3 Å². The normalized spacial score (nSPS) is 15.0. The van der Waals surface area contributed by atoms with Crippen LogP contribution in [0.25, 0.3) is 10.2 Å². The second kappa shape index (κ2) is 8.85. The predicted octanol–water partition coefficient (Wildman–Crippen LogP) is 4.88. The Morgan fingerprint density at radius 3 is 2.55 bits per heavy atom. The van der Waals surface area contributed by atoms with Gasteiger partial charge in [-0.15, -0.1) is 23.1 Å². The quantitative estimate of drug-likeness (QED) is 0.559. The Kier molecular flexibility index (Phi) is 6.22. The highest BCUT2D eigenvalue weighted by molar-refractivity contribution is 7.99. The van der Waals surface area contributed by atoms with Crippen LogP contribution in [0, 0.1) is 0 Å². The van der Waals surface area contributed by atoms with E-state index in [1.807, 2.05) is 24.3 Å². The van der Waals surface area contributed by atoms with Crippen molar-refractivity contribution in [1.29, 1.82) is 0 Å². The fourth-order valence-corrected chi connectivity index (χ4v) is 7.23. The Morgan fingerprint density at radius 2 is 1.83 bits per heavy atom. The number of thiazole rings is 1. The zero-order chi connectivity index (χ0) is 20.3. The number of para-hydroxylation sites is 1. The van der Waals surface area contributed by atoms with Gasteiger partial charge in [-0.25, -0.2) is 13.4 Å². The lowest BCUT2D eigenvalue weighted by atomic mass is 10.3. The van der Waals surface area contributed by atoms with E-state index in [4.69, 9.17) is 0 Å². The van der Waals surface area contributed by atoms with E-state index >= 15 is 0 Å². The minimum Gasteiger partial charge on any atom is -0.325 e. The largest absolute Gasteiger partial charge is 0.325 e. The Balaban J connectivity index is 1.29. The predicted molar refractivity (Wildman–Crippen MR) is 120 cm³/mol. The molecule has 3 aromatic rings. The van der Waals surface area contributed by atoms with Crippen LogP contribution in [-0.4, -0.2) is 30.3 Å². The number of amides is 1. The van der Waals surface area contributed by atoms with Crippen molar-refractivity contribution in [3.05, 3.63) is 53.5 Å². The van der Waals surface area contributed by atoms with Gasteiger partial charge in [-0.2, -0.15) is 0 Å². The summed E-state index contributed by atoms with van der Waals surface area (Å²) in [5.41, 5.74) is 1.60. The lowest BCUT2D eigenvalue weighted by molar-refractivity contribution is -0.113. The van der Waals surface area contributed by atoms with Gasteiger partial charge in [0.15, 0.2) is 9.84 Å². The van der Waals surface area contributed by atoms with Crippen LogP contribution in [0.2, 0.25) is 0 Å². The number of sulfone groups is 1. The molecule has 4 rings (SSSR count). The molecule has 0 bridgehead atoms. The zero-order valence-electron chi connectivity index (χ0n) is 15.8. The average molecular weight is 447 g/mol. The van der Waals surface area contributed by atoms with E-state index < -0.39 is 9.84 Å². The lowest BCUT2D eigenvalue weighted by Gasteiger charge is -2.12. The molecule has 1 fully saturated rings. The van der Waals surface area contributed by atoms with Crippen molar-refractivity contribution in [3.8, 4) is 0 Å². The molecule has 8 heteroatoms. The van der Waals surface area contributed by atoms with Gasteiger partial charge in [-0.3, -0.25) is 4.79 Å². The number of carbonyl (C=O) groups is 1. The molecular weight excluding hydrogens is 424 g/mol. The highest BCUT2D eigenvalue weighted by atomic mass is 32.2. The summed E-state index contributed by atoms with van der Waals surface area (Å²) in [7, 11) is -3.26. The number of nitrogens with zero attached hydrogens (tertiary/aromatic N) is 1. The first-order chi connectivity index (χ1) is 14.0. The van der Waals surface area contributed by atoms with Crippen molar-refractivity contribution < 1.29 is 13.2 Å². The first-order valence-corrected chi connectivity index (χ1v) is 13.1. The standard InChI is InChI=1S/C21H22N2O3S3/c24-20(13-27-14-21-23-18-7-3-4-8-19(18)28-21)22-15-9-11-17(12-10-15)29(25,26)16-5-1-2-6-16/h3-4,7-12,16H,1-2,5-6,13-14H2,(H,22,24). The van der Waals surface area contributed by atoms with Crippen LogP contribution >= 0.6 is 23.1 Å². The number of benzene rings is 2. The number of carbonyl (C=O) groups excluding carboxylic acids is 1. The summed E-state index contributed by atoms with van der Waals surface area (Å²) in [6.45, 7) is 0. The van der Waals surface area contributed by atoms with Crippen molar-refractivity contribution in [2.24, 2.45) is 0 Å². The van der Waals surface area contributed by atoms with Gasteiger partial charge in [-0.1, -0.05) is 25.0 Å². The van der Waals surface area contributed by atoms with Gasteiger partial charge in [-0.05, 0) is 49.2 Å². The Morgan fingerprint density at radius 1 is 1.10 bits per heavy atom. The number of nitrogens with one attached hydrogen (secondary N) is 1. The summed E-state index contributed by atoms with van der Waals surface area (Å²) in [5.74, 6) is 0.895. The fourth-order valence-electron chi connectivity index (χ4n) is 3.53. The molecule has 5 nitrogen and oxygen atoms in total. The van der Waals surface area contributed by atoms with Crippen LogP contribution in [0.15, 0.2) is 53.4 Å². The van der Waals surface area contributed by atoms with Crippen LogP contribution in [0.1, 0.15) is 30.7 Å². The van der Waals surface area contributed by atoms with E-state index in [-0.39, 0.29) is 11.2 Å². The van der Waals surface area contributed by atoms with E-state index in [0.29, 0.717) is 22.1 Å². The molecule has 29 heavy (non-hydrogen) atoms. The Hall–Kier alpha value is -1.90. The van der Waals surface area contributed by atoms with Gasteiger partial charge in [0.05, 0.1) is 26.1 Å².